The Labute approximate surface area is 122 Å². The van der Waals surface area contributed by atoms with Crippen LogP contribution >= 0.6 is 0 Å². The standard InChI is InChI=1S/C17H26N2O/c1-6-18(5)10-15-11-19(17(20)14(15)4)16-12(2)8-7-9-13(16)3/h7-9,14-15H,6,10-11H2,1-5H3. The van der Waals surface area contributed by atoms with Crippen LogP contribution in [-0.4, -0.2) is 37.5 Å². The van der Waals surface area contributed by atoms with Crippen LogP contribution in [0.3, 0.4) is 0 Å². The summed E-state index contributed by atoms with van der Waals surface area (Å²) in [4.78, 5) is 16.9. The third-order valence-electron chi connectivity index (χ3n) is 4.58. The van der Waals surface area contributed by atoms with Crippen LogP contribution in [0.25, 0.3) is 0 Å². The fourth-order valence-corrected chi connectivity index (χ4v) is 3.11. The lowest BCUT2D eigenvalue weighted by Gasteiger charge is -2.23. The van der Waals surface area contributed by atoms with Gasteiger partial charge in [0.2, 0.25) is 5.91 Å². The van der Waals surface area contributed by atoms with Crippen LogP contribution in [0.2, 0.25) is 0 Å². The highest BCUT2D eigenvalue weighted by Gasteiger charge is 2.39. The molecule has 110 valence electrons. The molecule has 0 saturated carbocycles. The Morgan fingerprint density at radius 2 is 1.90 bits per heavy atom. The van der Waals surface area contributed by atoms with Crippen molar-refractivity contribution in [3.63, 3.8) is 0 Å². The number of anilines is 1. The molecule has 20 heavy (non-hydrogen) atoms. The number of amides is 1. The maximum atomic E-state index is 12.6. The first-order valence-electron chi connectivity index (χ1n) is 7.51. The highest BCUT2D eigenvalue weighted by Crippen LogP contribution is 2.33. The van der Waals surface area contributed by atoms with Crippen LogP contribution in [0, 0.1) is 25.7 Å². The second-order valence-electron chi connectivity index (χ2n) is 6.09. The highest BCUT2D eigenvalue weighted by molar-refractivity contribution is 5.98. The maximum Gasteiger partial charge on any atom is 0.230 e. The number of para-hydroxylation sites is 1. The normalized spacial score (nSPS) is 22.9. The average molecular weight is 274 g/mol. The van der Waals surface area contributed by atoms with Crippen LogP contribution in [0.4, 0.5) is 5.69 Å². The number of hydrogen-bond acceptors (Lipinski definition) is 2. The Bertz CT molecular complexity index is 478. The number of carbonyl (C=O) groups excluding carboxylic acids is 1. The number of benzene rings is 1. The van der Waals surface area contributed by atoms with Crippen molar-refractivity contribution in [1.82, 2.24) is 4.90 Å². The lowest BCUT2D eigenvalue weighted by molar-refractivity contribution is -0.120. The van der Waals surface area contributed by atoms with E-state index in [0.29, 0.717) is 5.92 Å². The zero-order valence-corrected chi connectivity index (χ0v) is 13.3. The quantitative estimate of drug-likeness (QED) is 0.843. The lowest BCUT2D eigenvalue weighted by Crippen LogP contribution is -2.29. The molecule has 3 nitrogen and oxygen atoms in total. The summed E-state index contributed by atoms with van der Waals surface area (Å²) in [6, 6.07) is 6.23. The summed E-state index contributed by atoms with van der Waals surface area (Å²) >= 11 is 0. The molecule has 0 aromatic heterocycles. The fourth-order valence-electron chi connectivity index (χ4n) is 3.11. The summed E-state index contributed by atoms with van der Waals surface area (Å²) in [5.41, 5.74) is 3.50. The van der Waals surface area contributed by atoms with Gasteiger partial charge in [-0.05, 0) is 38.6 Å². The van der Waals surface area contributed by atoms with Crippen molar-refractivity contribution >= 4 is 11.6 Å². The molecule has 1 saturated heterocycles. The fraction of sp³-hybridized carbons (Fsp3) is 0.588. The van der Waals surface area contributed by atoms with Gasteiger partial charge in [0.1, 0.15) is 0 Å². The first kappa shape index (κ1) is 15.0. The van der Waals surface area contributed by atoms with E-state index < -0.39 is 0 Å². The van der Waals surface area contributed by atoms with Crippen LogP contribution in [0.1, 0.15) is 25.0 Å². The molecule has 1 aliphatic heterocycles. The molecule has 0 radical (unpaired) electrons. The minimum atomic E-state index is 0.114. The zero-order valence-electron chi connectivity index (χ0n) is 13.3. The van der Waals surface area contributed by atoms with Crippen molar-refractivity contribution < 1.29 is 4.79 Å². The molecule has 0 N–H and O–H groups in total. The second-order valence-corrected chi connectivity index (χ2v) is 6.09. The van der Waals surface area contributed by atoms with E-state index in [1.54, 1.807) is 0 Å². The Morgan fingerprint density at radius 3 is 2.45 bits per heavy atom. The summed E-state index contributed by atoms with van der Waals surface area (Å²) in [7, 11) is 2.12. The van der Waals surface area contributed by atoms with Crippen LogP contribution in [0.15, 0.2) is 18.2 Å². The van der Waals surface area contributed by atoms with E-state index in [-0.39, 0.29) is 11.8 Å². The molecule has 1 amide bonds. The van der Waals surface area contributed by atoms with E-state index in [1.807, 2.05) is 4.90 Å². The first-order chi connectivity index (χ1) is 9.45. The van der Waals surface area contributed by atoms with Crippen molar-refractivity contribution in [2.45, 2.75) is 27.7 Å². The summed E-state index contributed by atoms with van der Waals surface area (Å²) in [5, 5.41) is 0. The minimum Gasteiger partial charge on any atom is -0.311 e. The molecule has 1 aromatic rings. The molecule has 1 heterocycles. The van der Waals surface area contributed by atoms with E-state index >= 15 is 0 Å². The van der Waals surface area contributed by atoms with Gasteiger partial charge in [0, 0.05) is 30.6 Å². The SMILES string of the molecule is CCN(C)CC1CN(c2c(C)cccc2C)C(=O)C1C. The Balaban J connectivity index is 2.24. The molecule has 0 bridgehead atoms. The molecule has 1 aliphatic rings. The molecular formula is C17H26N2O. The Kier molecular flexibility index (Phi) is 4.48. The zero-order chi connectivity index (χ0) is 14.9. The Hall–Kier alpha value is -1.35. The minimum absolute atomic E-state index is 0.114. The maximum absolute atomic E-state index is 12.6. The Morgan fingerprint density at radius 1 is 1.30 bits per heavy atom. The molecule has 2 atom stereocenters. The molecule has 2 rings (SSSR count). The molecule has 0 aliphatic carbocycles. The predicted molar refractivity (Wildman–Crippen MR) is 84.1 cm³/mol. The van der Waals surface area contributed by atoms with Gasteiger partial charge in [-0.2, -0.15) is 0 Å². The average Bonchev–Trinajstić information content (AvgIpc) is 2.67. The molecule has 1 fully saturated rings. The molecule has 1 aromatic carbocycles. The van der Waals surface area contributed by atoms with Crippen molar-refractivity contribution in [1.29, 1.82) is 0 Å². The van der Waals surface area contributed by atoms with Crippen molar-refractivity contribution in [3.8, 4) is 0 Å². The molecule has 3 heteroatoms. The van der Waals surface area contributed by atoms with E-state index in [0.717, 1.165) is 25.3 Å². The van der Waals surface area contributed by atoms with Gasteiger partial charge >= 0.3 is 0 Å². The highest BCUT2D eigenvalue weighted by atomic mass is 16.2. The van der Waals surface area contributed by atoms with Crippen LogP contribution in [0.5, 0.6) is 0 Å². The van der Waals surface area contributed by atoms with Crippen molar-refractivity contribution in [2.24, 2.45) is 11.8 Å². The number of nitrogens with zero attached hydrogens (tertiary/aromatic N) is 2. The first-order valence-corrected chi connectivity index (χ1v) is 7.51. The summed E-state index contributed by atoms with van der Waals surface area (Å²) in [6.07, 6.45) is 0. The second kappa shape index (κ2) is 5.96. The van der Waals surface area contributed by atoms with Crippen molar-refractivity contribution in [3.05, 3.63) is 29.3 Å². The molecule has 2 unspecified atom stereocenters. The van der Waals surface area contributed by atoms with Gasteiger partial charge in [0.25, 0.3) is 0 Å². The third-order valence-corrected chi connectivity index (χ3v) is 4.58. The largest absolute Gasteiger partial charge is 0.311 e. The third kappa shape index (κ3) is 2.73. The van der Waals surface area contributed by atoms with E-state index in [9.17, 15) is 4.79 Å². The van der Waals surface area contributed by atoms with Crippen molar-refractivity contribution in [2.75, 3.05) is 31.6 Å². The lowest BCUT2D eigenvalue weighted by atomic mass is 9.97. The summed E-state index contributed by atoms with van der Waals surface area (Å²) in [6.45, 7) is 11.3. The van der Waals surface area contributed by atoms with Crippen LogP contribution < -0.4 is 4.90 Å². The molecular weight excluding hydrogens is 248 g/mol. The topological polar surface area (TPSA) is 23.6 Å². The number of hydrogen-bond donors (Lipinski definition) is 0. The van der Waals surface area contributed by atoms with Gasteiger partial charge in [0.15, 0.2) is 0 Å². The van der Waals surface area contributed by atoms with E-state index in [1.165, 1.54) is 11.1 Å². The van der Waals surface area contributed by atoms with Gasteiger partial charge < -0.3 is 9.80 Å². The molecule has 0 spiro atoms. The number of aryl methyl sites for hydroxylation is 2. The van der Waals surface area contributed by atoms with E-state index in [4.69, 9.17) is 0 Å². The van der Waals surface area contributed by atoms with Gasteiger partial charge in [0.05, 0.1) is 0 Å². The summed E-state index contributed by atoms with van der Waals surface area (Å²) in [5.74, 6) is 0.811. The van der Waals surface area contributed by atoms with E-state index in [2.05, 4.69) is 57.8 Å². The smallest absolute Gasteiger partial charge is 0.230 e. The van der Waals surface area contributed by atoms with Crippen LogP contribution in [-0.2, 0) is 4.79 Å². The predicted octanol–water partition coefficient (Wildman–Crippen LogP) is 2.85. The number of carbonyl (C=O) groups is 1. The summed E-state index contributed by atoms with van der Waals surface area (Å²) < 4.78 is 0. The monoisotopic (exact) mass is 274 g/mol. The van der Waals surface area contributed by atoms with Gasteiger partial charge in [-0.25, -0.2) is 0 Å². The van der Waals surface area contributed by atoms with Gasteiger partial charge in [-0.15, -0.1) is 0 Å². The number of rotatable bonds is 4. The van der Waals surface area contributed by atoms with Gasteiger partial charge in [-0.3, -0.25) is 4.79 Å². The van der Waals surface area contributed by atoms with Gasteiger partial charge in [-0.1, -0.05) is 32.0 Å².